The fourth-order valence-electron chi connectivity index (χ4n) is 3.80. The molecule has 0 N–H and O–H groups in total. The molecule has 0 unspecified atom stereocenters. The maximum atomic E-state index is 11.2. The molecule has 0 amide bonds. The van der Waals surface area contributed by atoms with Crippen molar-refractivity contribution in [3.63, 3.8) is 0 Å². The zero-order chi connectivity index (χ0) is 25.2. The Balaban J connectivity index is 0.000000460. The number of carbonyl (C=O) groups is 2. The smallest absolute Gasteiger partial charge is 0.178 e. The molecule has 33 heavy (non-hydrogen) atoms. The number of hydrogen-bond acceptors (Lipinski definition) is 4. The first-order chi connectivity index (χ1) is 15.8. The second kappa shape index (κ2) is 18.1. The summed E-state index contributed by atoms with van der Waals surface area (Å²) in [4.78, 5) is 29.9. The van der Waals surface area contributed by atoms with Gasteiger partial charge < -0.3 is 0 Å². The van der Waals surface area contributed by atoms with Crippen molar-refractivity contribution in [2.24, 2.45) is 10.9 Å². The van der Waals surface area contributed by atoms with Gasteiger partial charge >= 0.3 is 0 Å². The van der Waals surface area contributed by atoms with E-state index in [2.05, 4.69) is 29.9 Å². The van der Waals surface area contributed by atoms with E-state index in [0.717, 1.165) is 35.5 Å². The lowest BCUT2D eigenvalue weighted by atomic mass is 9.88. The topological polar surface area (TPSA) is 59.4 Å². The Kier molecular flexibility index (Phi) is 16.8. The molecule has 1 fully saturated rings. The average molecular weight is 455 g/mol. The number of ketones is 2. The lowest BCUT2D eigenvalue weighted by molar-refractivity contribution is -0.113. The average Bonchev–Trinajstić information content (AvgIpc) is 3.33. The zero-order valence-corrected chi connectivity index (χ0v) is 22.3. The predicted octanol–water partition coefficient (Wildman–Crippen LogP) is 7.89. The molecule has 0 atom stereocenters. The molecule has 0 aliphatic heterocycles. The minimum Gasteiger partial charge on any atom is -0.296 e. The van der Waals surface area contributed by atoms with Crippen LogP contribution in [0, 0.1) is 12.8 Å². The number of nitrogens with zero attached hydrogens (tertiary/aromatic N) is 2. The Morgan fingerprint density at radius 3 is 2.09 bits per heavy atom. The van der Waals surface area contributed by atoms with Crippen LogP contribution in [0.5, 0.6) is 0 Å². The van der Waals surface area contributed by atoms with E-state index in [1.54, 1.807) is 26.4 Å². The van der Waals surface area contributed by atoms with Crippen molar-refractivity contribution in [1.29, 1.82) is 0 Å². The molecule has 0 saturated heterocycles. The number of allylic oxidation sites excluding steroid dienone is 4. The standard InChI is InChI=1S/C10H12N2O.C9H12O.C8H16.C2H6/c1-7-4-5-12-10(8(2)13)9(7)6-11-3;1-3-8-4-5-9(6-8)7(2)10;1-2-8-6-4-3-5-7-8;1-2/h4-6H,1-3H3;4-5H,3,6H2,1-2H3;8H,2-7H2,1H3;1-2H3. The fraction of sp³-hybridized carbons (Fsp3) is 0.586. The third-order valence-electron chi connectivity index (χ3n) is 5.95. The molecule has 3 rings (SSSR count). The second-order valence-electron chi connectivity index (χ2n) is 8.35. The number of hydrogen-bond donors (Lipinski definition) is 0. The van der Waals surface area contributed by atoms with E-state index in [4.69, 9.17) is 0 Å². The van der Waals surface area contributed by atoms with Crippen LogP contribution < -0.4 is 0 Å². The van der Waals surface area contributed by atoms with Crippen LogP contribution >= 0.6 is 0 Å². The molecule has 0 spiro atoms. The van der Waals surface area contributed by atoms with Gasteiger partial charge in [0.2, 0.25) is 0 Å². The first kappa shape index (κ1) is 30.6. The highest BCUT2D eigenvalue weighted by Gasteiger charge is 2.10. The predicted molar refractivity (Wildman–Crippen MR) is 142 cm³/mol. The molecule has 4 nitrogen and oxygen atoms in total. The van der Waals surface area contributed by atoms with Crippen LogP contribution in [0.15, 0.2) is 40.6 Å². The largest absolute Gasteiger partial charge is 0.296 e. The van der Waals surface area contributed by atoms with Gasteiger partial charge in [0, 0.05) is 31.9 Å². The molecule has 0 bridgehead atoms. The van der Waals surface area contributed by atoms with E-state index in [1.165, 1.54) is 51.0 Å². The highest BCUT2D eigenvalue weighted by Crippen LogP contribution is 2.25. The molecular weight excluding hydrogens is 408 g/mol. The van der Waals surface area contributed by atoms with Gasteiger partial charge in [-0.25, -0.2) is 0 Å². The molecule has 2 aliphatic rings. The van der Waals surface area contributed by atoms with Crippen LogP contribution in [-0.2, 0) is 4.79 Å². The van der Waals surface area contributed by atoms with Crippen LogP contribution in [0.3, 0.4) is 0 Å². The third-order valence-corrected chi connectivity index (χ3v) is 5.95. The maximum absolute atomic E-state index is 11.2. The summed E-state index contributed by atoms with van der Waals surface area (Å²) in [6.45, 7) is 13.5. The van der Waals surface area contributed by atoms with E-state index in [0.29, 0.717) is 5.69 Å². The fourth-order valence-corrected chi connectivity index (χ4v) is 3.80. The van der Waals surface area contributed by atoms with Crippen LogP contribution in [0.4, 0.5) is 0 Å². The highest BCUT2D eigenvalue weighted by molar-refractivity contribution is 6.01. The Hall–Kier alpha value is -2.36. The number of pyridine rings is 1. The van der Waals surface area contributed by atoms with Gasteiger partial charge in [0.05, 0.1) is 0 Å². The number of Topliss-reactive ketones (excluding diaryl/α,β-unsaturated/α-hetero) is 2. The van der Waals surface area contributed by atoms with E-state index >= 15 is 0 Å². The Morgan fingerprint density at radius 1 is 1.06 bits per heavy atom. The van der Waals surface area contributed by atoms with Crippen molar-refractivity contribution in [3.05, 3.63) is 52.4 Å². The van der Waals surface area contributed by atoms with Crippen LogP contribution in [0.25, 0.3) is 0 Å². The Bertz CT molecular complexity index is 813. The highest BCUT2D eigenvalue weighted by atomic mass is 16.1. The minimum absolute atomic E-state index is 0.0291. The summed E-state index contributed by atoms with van der Waals surface area (Å²) in [5, 5.41) is 0. The van der Waals surface area contributed by atoms with Crippen molar-refractivity contribution in [3.8, 4) is 0 Å². The summed E-state index contributed by atoms with van der Waals surface area (Å²) in [5.74, 6) is 1.27. The molecule has 2 aliphatic carbocycles. The summed E-state index contributed by atoms with van der Waals surface area (Å²) in [5.41, 5.74) is 4.65. The van der Waals surface area contributed by atoms with Gasteiger partial charge in [-0.15, -0.1) is 0 Å². The lowest BCUT2D eigenvalue weighted by Gasteiger charge is -2.18. The lowest BCUT2D eigenvalue weighted by Crippen LogP contribution is -2.04. The van der Waals surface area contributed by atoms with Crippen molar-refractivity contribution in [2.75, 3.05) is 7.05 Å². The Morgan fingerprint density at radius 2 is 1.70 bits per heavy atom. The van der Waals surface area contributed by atoms with Gasteiger partial charge in [0.15, 0.2) is 11.6 Å². The number of carbonyl (C=O) groups excluding carboxylic acids is 2. The van der Waals surface area contributed by atoms with Crippen LogP contribution in [-0.4, -0.2) is 29.8 Å². The summed E-state index contributed by atoms with van der Waals surface area (Å²) >= 11 is 0. The van der Waals surface area contributed by atoms with Gasteiger partial charge in [-0.05, 0) is 49.8 Å². The van der Waals surface area contributed by atoms with Crippen LogP contribution in [0.2, 0.25) is 0 Å². The number of rotatable bonds is 5. The molecule has 1 aromatic heterocycles. The molecule has 0 radical (unpaired) electrons. The number of aryl methyl sites for hydroxylation is 1. The summed E-state index contributed by atoms with van der Waals surface area (Å²) in [6.07, 6.45) is 18.2. The molecule has 1 saturated carbocycles. The third kappa shape index (κ3) is 11.9. The van der Waals surface area contributed by atoms with Crippen molar-refractivity contribution in [1.82, 2.24) is 4.98 Å². The van der Waals surface area contributed by atoms with Crippen molar-refractivity contribution >= 4 is 17.8 Å². The monoisotopic (exact) mass is 454 g/mol. The van der Waals surface area contributed by atoms with Crippen molar-refractivity contribution < 1.29 is 9.59 Å². The summed E-state index contributed by atoms with van der Waals surface area (Å²) in [6, 6.07) is 1.86. The first-order valence-corrected chi connectivity index (χ1v) is 12.6. The van der Waals surface area contributed by atoms with Gasteiger partial charge in [-0.2, -0.15) is 0 Å². The van der Waals surface area contributed by atoms with E-state index in [9.17, 15) is 9.59 Å². The van der Waals surface area contributed by atoms with Gasteiger partial charge in [-0.1, -0.05) is 83.9 Å². The normalized spacial score (nSPS) is 15.2. The number of aromatic nitrogens is 1. The maximum Gasteiger partial charge on any atom is 0.178 e. The number of aliphatic imine (C=N–C) groups is 1. The van der Waals surface area contributed by atoms with Crippen LogP contribution in [0.1, 0.15) is 115 Å². The molecule has 4 heteroatoms. The zero-order valence-electron chi connectivity index (χ0n) is 22.3. The van der Waals surface area contributed by atoms with Gasteiger partial charge in [-0.3, -0.25) is 19.6 Å². The quantitative estimate of drug-likeness (QED) is 0.336. The summed E-state index contributed by atoms with van der Waals surface area (Å²) in [7, 11) is 1.68. The van der Waals surface area contributed by atoms with E-state index < -0.39 is 0 Å². The molecular formula is C29H46N2O2. The molecule has 1 heterocycles. The molecule has 184 valence electrons. The first-order valence-electron chi connectivity index (χ1n) is 12.6. The van der Waals surface area contributed by atoms with Gasteiger partial charge in [0.1, 0.15) is 5.69 Å². The summed E-state index contributed by atoms with van der Waals surface area (Å²) < 4.78 is 0. The van der Waals surface area contributed by atoms with Crippen molar-refractivity contribution in [2.45, 2.75) is 99.8 Å². The minimum atomic E-state index is -0.0291. The second-order valence-corrected chi connectivity index (χ2v) is 8.35. The SMILES string of the molecule is CC.CCC1=CC=C(C(C)=O)C1.CCC1CCCCC1.CN=Cc1c(C)ccnc1C(C)=O. The van der Waals surface area contributed by atoms with E-state index in [1.807, 2.05) is 32.9 Å². The molecule has 0 aromatic carbocycles. The van der Waals surface area contributed by atoms with E-state index in [-0.39, 0.29) is 11.6 Å². The Labute approximate surface area is 202 Å². The van der Waals surface area contributed by atoms with Gasteiger partial charge in [0.25, 0.3) is 0 Å². The molecule has 1 aromatic rings.